The van der Waals surface area contributed by atoms with E-state index >= 15 is 0 Å². The summed E-state index contributed by atoms with van der Waals surface area (Å²) >= 11 is 0. The van der Waals surface area contributed by atoms with Crippen molar-refractivity contribution in [1.82, 2.24) is 5.16 Å². The lowest BCUT2D eigenvalue weighted by atomic mass is 10.1. The summed E-state index contributed by atoms with van der Waals surface area (Å²) in [6.07, 6.45) is -4.75. The Balaban J connectivity index is 2.38. The second-order valence-electron chi connectivity index (χ2n) is 3.43. The van der Waals surface area contributed by atoms with Gasteiger partial charge in [0.1, 0.15) is 11.4 Å². The van der Waals surface area contributed by atoms with Crippen molar-refractivity contribution in [3.63, 3.8) is 0 Å². The number of alkyl halides is 3. The first-order chi connectivity index (χ1) is 8.49. The van der Waals surface area contributed by atoms with Crippen molar-refractivity contribution in [2.45, 2.75) is 12.9 Å². The number of hydrogen-bond acceptors (Lipinski definition) is 4. The summed E-state index contributed by atoms with van der Waals surface area (Å²) in [6, 6.07) is 7.15. The minimum atomic E-state index is -4.75. The summed E-state index contributed by atoms with van der Waals surface area (Å²) in [5.74, 6) is 0.0497. The van der Waals surface area contributed by atoms with Gasteiger partial charge >= 0.3 is 6.36 Å². The molecule has 1 aromatic carbocycles. The molecule has 2 aromatic rings. The lowest BCUT2D eigenvalue weighted by Crippen LogP contribution is -2.17. The molecule has 18 heavy (non-hydrogen) atoms. The highest BCUT2D eigenvalue weighted by molar-refractivity contribution is 5.66. The summed E-state index contributed by atoms with van der Waals surface area (Å²) in [6.45, 7) is 0.120. The monoisotopic (exact) mass is 258 g/mol. The van der Waals surface area contributed by atoms with Crippen molar-refractivity contribution in [2.24, 2.45) is 5.73 Å². The first-order valence-electron chi connectivity index (χ1n) is 5.00. The summed E-state index contributed by atoms with van der Waals surface area (Å²) in [5, 5.41) is 3.65. The van der Waals surface area contributed by atoms with Crippen LogP contribution in [0.5, 0.6) is 5.75 Å². The first kappa shape index (κ1) is 12.4. The molecular weight excluding hydrogens is 249 g/mol. The Morgan fingerprint density at radius 2 is 2.00 bits per heavy atom. The number of benzene rings is 1. The molecule has 0 radical (unpaired) electrons. The maximum atomic E-state index is 12.2. The standard InChI is InChI=1S/C11H9F3N2O2/c12-11(13,14)17-10-4-2-1-3-8(10)9-5-7(6-15)18-16-9/h1-5H,6,15H2. The predicted molar refractivity (Wildman–Crippen MR) is 56.5 cm³/mol. The Morgan fingerprint density at radius 3 is 2.61 bits per heavy atom. The number of rotatable bonds is 3. The van der Waals surface area contributed by atoms with Crippen LogP contribution in [-0.4, -0.2) is 11.5 Å². The number of halogens is 3. The summed E-state index contributed by atoms with van der Waals surface area (Å²) < 4.78 is 45.4. The molecule has 2 rings (SSSR count). The van der Waals surface area contributed by atoms with E-state index in [9.17, 15) is 13.2 Å². The van der Waals surface area contributed by atoms with Gasteiger partial charge in [0, 0.05) is 11.6 Å². The third-order valence-electron chi connectivity index (χ3n) is 2.15. The SMILES string of the molecule is NCc1cc(-c2ccccc2OC(F)(F)F)no1. The van der Waals surface area contributed by atoms with E-state index in [0.717, 1.165) is 0 Å². The van der Waals surface area contributed by atoms with Crippen molar-refractivity contribution >= 4 is 0 Å². The van der Waals surface area contributed by atoms with Gasteiger partial charge in [-0.05, 0) is 12.1 Å². The molecule has 0 saturated heterocycles. The van der Waals surface area contributed by atoms with Crippen molar-refractivity contribution < 1.29 is 22.4 Å². The van der Waals surface area contributed by atoms with Gasteiger partial charge in [-0.2, -0.15) is 0 Å². The van der Waals surface area contributed by atoms with Crippen LogP contribution in [0.15, 0.2) is 34.9 Å². The van der Waals surface area contributed by atoms with Gasteiger partial charge in [0.05, 0.1) is 6.54 Å². The molecule has 2 N–H and O–H groups in total. The average molecular weight is 258 g/mol. The maximum absolute atomic E-state index is 12.2. The molecule has 0 bridgehead atoms. The Hall–Kier alpha value is -2.02. The molecule has 1 heterocycles. The van der Waals surface area contributed by atoms with Crippen molar-refractivity contribution in [1.29, 1.82) is 0 Å². The van der Waals surface area contributed by atoms with Crippen LogP contribution in [0.25, 0.3) is 11.3 Å². The fourth-order valence-electron chi connectivity index (χ4n) is 1.43. The van der Waals surface area contributed by atoms with Crippen LogP contribution < -0.4 is 10.5 Å². The quantitative estimate of drug-likeness (QED) is 0.919. The third kappa shape index (κ3) is 2.80. The number of nitrogens with two attached hydrogens (primary N) is 1. The molecule has 7 heteroatoms. The van der Waals surface area contributed by atoms with Crippen LogP contribution in [0.2, 0.25) is 0 Å². The Labute approximate surface area is 100 Å². The third-order valence-corrected chi connectivity index (χ3v) is 2.15. The minimum absolute atomic E-state index is 0.120. The lowest BCUT2D eigenvalue weighted by Gasteiger charge is -2.11. The number of nitrogens with zero attached hydrogens (tertiary/aromatic N) is 1. The zero-order valence-electron chi connectivity index (χ0n) is 9.07. The molecule has 0 spiro atoms. The number of para-hydroxylation sites is 1. The smallest absolute Gasteiger partial charge is 0.405 e. The Kier molecular flexibility index (Phi) is 3.24. The van der Waals surface area contributed by atoms with E-state index in [4.69, 9.17) is 10.3 Å². The van der Waals surface area contributed by atoms with Gasteiger partial charge in [0.25, 0.3) is 0 Å². The van der Waals surface area contributed by atoms with Crippen LogP contribution in [0.4, 0.5) is 13.2 Å². The Bertz CT molecular complexity index is 537. The molecular formula is C11H9F3N2O2. The van der Waals surface area contributed by atoms with Gasteiger partial charge < -0.3 is 15.0 Å². The molecule has 0 aliphatic rings. The van der Waals surface area contributed by atoms with Crippen LogP contribution in [0.3, 0.4) is 0 Å². The molecule has 0 aliphatic heterocycles. The van der Waals surface area contributed by atoms with Crippen molar-refractivity contribution in [2.75, 3.05) is 0 Å². The van der Waals surface area contributed by atoms with E-state index in [0.29, 0.717) is 5.76 Å². The molecule has 0 saturated carbocycles. The van der Waals surface area contributed by atoms with Gasteiger partial charge in [-0.3, -0.25) is 0 Å². The van der Waals surface area contributed by atoms with Gasteiger partial charge in [-0.25, -0.2) is 0 Å². The second-order valence-corrected chi connectivity index (χ2v) is 3.43. The Morgan fingerprint density at radius 1 is 1.28 bits per heavy atom. The molecule has 96 valence electrons. The average Bonchev–Trinajstić information content (AvgIpc) is 2.76. The number of ether oxygens (including phenoxy) is 1. The fraction of sp³-hybridized carbons (Fsp3) is 0.182. The predicted octanol–water partition coefficient (Wildman–Crippen LogP) is 2.70. The van der Waals surface area contributed by atoms with Crippen molar-refractivity contribution in [3.05, 3.63) is 36.1 Å². The minimum Gasteiger partial charge on any atom is -0.405 e. The highest BCUT2D eigenvalue weighted by Crippen LogP contribution is 2.33. The normalized spacial score (nSPS) is 11.6. The highest BCUT2D eigenvalue weighted by Gasteiger charge is 2.32. The van der Waals surface area contributed by atoms with E-state index < -0.39 is 6.36 Å². The second kappa shape index (κ2) is 4.69. The molecule has 0 aliphatic carbocycles. The van der Waals surface area contributed by atoms with Gasteiger partial charge in [-0.15, -0.1) is 13.2 Å². The van der Waals surface area contributed by atoms with E-state index in [2.05, 4.69) is 9.89 Å². The maximum Gasteiger partial charge on any atom is 0.573 e. The lowest BCUT2D eigenvalue weighted by molar-refractivity contribution is -0.274. The highest BCUT2D eigenvalue weighted by atomic mass is 19.4. The summed E-state index contributed by atoms with van der Waals surface area (Å²) in [5.41, 5.74) is 5.77. The molecule has 4 nitrogen and oxygen atoms in total. The number of aromatic nitrogens is 1. The fourth-order valence-corrected chi connectivity index (χ4v) is 1.43. The largest absolute Gasteiger partial charge is 0.573 e. The van der Waals surface area contributed by atoms with E-state index in [1.54, 1.807) is 6.07 Å². The van der Waals surface area contributed by atoms with E-state index in [1.807, 2.05) is 0 Å². The van der Waals surface area contributed by atoms with Crippen LogP contribution in [0.1, 0.15) is 5.76 Å². The van der Waals surface area contributed by atoms with Crippen LogP contribution in [-0.2, 0) is 6.54 Å². The van der Waals surface area contributed by atoms with Crippen molar-refractivity contribution in [3.8, 4) is 17.0 Å². The molecule has 0 unspecified atom stereocenters. The number of hydrogen-bond donors (Lipinski definition) is 1. The molecule has 1 aromatic heterocycles. The van der Waals surface area contributed by atoms with Gasteiger partial charge in [0.15, 0.2) is 5.76 Å². The summed E-state index contributed by atoms with van der Waals surface area (Å²) in [7, 11) is 0. The molecule has 0 atom stereocenters. The topological polar surface area (TPSA) is 61.3 Å². The van der Waals surface area contributed by atoms with Gasteiger partial charge in [0.2, 0.25) is 0 Å². The molecule has 0 amide bonds. The first-order valence-corrected chi connectivity index (χ1v) is 5.00. The van der Waals surface area contributed by atoms with Crippen LogP contribution >= 0.6 is 0 Å². The van der Waals surface area contributed by atoms with Crippen LogP contribution in [0, 0.1) is 0 Å². The zero-order valence-corrected chi connectivity index (χ0v) is 9.07. The van der Waals surface area contributed by atoms with E-state index in [-0.39, 0.29) is 23.6 Å². The molecule has 0 fully saturated rings. The zero-order chi connectivity index (χ0) is 13.2. The van der Waals surface area contributed by atoms with E-state index in [1.165, 1.54) is 24.3 Å². The summed E-state index contributed by atoms with van der Waals surface area (Å²) in [4.78, 5) is 0. The van der Waals surface area contributed by atoms with Gasteiger partial charge in [-0.1, -0.05) is 17.3 Å².